The molecular weight excluding hydrogens is 296 g/mol. The van der Waals surface area contributed by atoms with Gasteiger partial charge in [0.1, 0.15) is 0 Å². The van der Waals surface area contributed by atoms with E-state index in [2.05, 4.69) is 31.0 Å². The fourth-order valence-electron chi connectivity index (χ4n) is 2.36. The van der Waals surface area contributed by atoms with Crippen LogP contribution in [0.5, 0.6) is 0 Å². The predicted molar refractivity (Wildman–Crippen MR) is 89.7 cm³/mol. The first-order chi connectivity index (χ1) is 10.5. The molecule has 0 spiro atoms. The molecule has 0 N–H and O–H groups in total. The lowest BCUT2D eigenvalue weighted by atomic mass is 10.0. The van der Waals surface area contributed by atoms with Crippen LogP contribution < -0.4 is 15.7 Å². The Hall–Kier alpha value is -2.27. The zero-order valence-electron chi connectivity index (χ0n) is 12.7. The van der Waals surface area contributed by atoms with E-state index in [1.165, 1.54) is 27.4 Å². The molecule has 0 radical (unpaired) electrons. The molecule has 2 aromatic heterocycles. The highest BCUT2D eigenvalue weighted by Gasteiger charge is 2.07. The molecule has 0 aliphatic heterocycles. The van der Waals surface area contributed by atoms with Crippen LogP contribution in [0.25, 0.3) is 11.0 Å². The van der Waals surface area contributed by atoms with Crippen molar-refractivity contribution in [2.75, 3.05) is 0 Å². The van der Waals surface area contributed by atoms with Gasteiger partial charge in [-0.25, -0.2) is 0 Å². The Balaban J connectivity index is 2.17. The Bertz CT molecular complexity index is 998. The Labute approximate surface area is 131 Å². The summed E-state index contributed by atoms with van der Waals surface area (Å²) in [6, 6.07) is 9.52. The van der Waals surface area contributed by atoms with Gasteiger partial charge in [-0.3, -0.25) is 14.0 Å². The van der Waals surface area contributed by atoms with E-state index >= 15 is 0 Å². The maximum atomic E-state index is 12.4. The molecule has 112 valence electrons. The molecule has 0 bridgehead atoms. The van der Waals surface area contributed by atoms with Gasteiger partial charge in [-0.15, -0.1) is 0 Å². The Morgan fingerprint density at radius 2 is 1.86 bits per heavy atom. The average Bonchev–Trinajstić information content (AvgIpc) is 2.75. The maximum Gasteiger partial charge on any atom is 0.274 e. The number of benzene rings is 1. The summed E-state index contributed by atoms with van der Waals surface area (Å²) in [7, 11) is 0. The highest BCUT2D eigenvalue weighted by atomic mass is 32.1. The zero-order chi connectivity index (χ0) is 15.9. The lowest BCUT2D eigenvalue weighted by Crippen LogP contribution is -2.25. The summed E-state index contributed by atoms with van der Waals surface area (Å²) in [5, 5.41) is 0. The number of nitrogens with zero attached hydrogens (tertiary/aromatic N) is 2. The standard InChI is InChI=1S/C17H16N2O2S/c1-10(2)13-6-4-12(5-7-13)9-14-16(21)19-11(3)8-15(20)18-17(19)22-14/h4-10H,1-3H3. The zero-order valence-corrected chi connectivity index (χ0v) is 13.5. The van der Waals surface area contributed by atoms with Crippen molar-refractivity contribution in [2.45, 2.75) is 26.7 Å². The molecule has 3 rings (SSSR count). The van der Waals surface area contributed by atoms with Gasteiger partial charge in [0.2, 0.25) is 4.96 Å². The van der Waals surface area contributed by atoms with Crippen molar-refractivity contribution in [3.8, 4) is 0 Å². The van der Waals surface area contributed by atoms with E-state index in [-0.39, 0.29) is 11.1 Å². The summed E-state index contributed by atoms with van der Waals surface area (Å²) in [4.78, 5) is 28.2. The van der Waals surface area contributed by atoms with Crippen molar-refractivity contribution in [3.05, 3.63) is 72.4 Å². The van der Waals surface area contributed by atoms with Crippen LogP contribution >= 0.6 is 11.3 Å². The third-order valence-electron chi connectivity index (χ3n) is 3.60. The number of thiazole rings is 1. The van der Waals surface area contributed by atoms with Gasteiger partial charge in [0, 0.05) is 11.8 Å². The summed E-state index contributed by atoms with van der Waals surface area (Å²) in [5.74, 6) is 0.478. The minimum atomic E-state index is -0.313. The van der Waals surface area contributed by atoms with Crippen LogP contribution in [0.15, 0.2) is 39.9 Å². The minimum absolute atomic E-state index is 0.127. The largest absolute Gasteiger partial charge is 0.274 e. The smallest absolute Gasteiger partial charge is 0.267 e. The molecule has 0 atom stereocenters. The van der Waals surface area contributed by atoms with Crippen LogP contribution in [0.4, 0.5) is 0 Å². The summed E-state index contributed by atoms with van der Waals surface area (Å²) >= 11 is 1.24. The van der Waals surface area contributed by atoms with E-state index in [1.54, 1.807) is 6.92 Å². The molecule has 3 aromatic rings. The van der Waals surface area contributed by atoms with Gasteiger partial charge in [-0.05, 0) is 30.0 Å². The van der Waals surface area contributed by atoms with Gasteiger partial charge in [0.15, 0.2) is 0 Å². The average molecular weight is 312 g/mol. The fraction of sp³-hybridized carbons (Fsp3) is 0.235. The second-order valence-corrected chi connectivity index (χ2v) is 6.60. The van der Waals surface area contributed by atoms with Crippen molar-refractivity contribution < 1.29 is 0 Å². The molecule has 0 aliphatic carbocycles. The van der Waals surface area contributed by atoms with E-state index in [0.29, 0.717) is 21.1 Å². The van der Waals surface area contributed by atoms with Crippen molar-refractivity contribution in [2.24, 2.45) is 0 Å². The first-order valence-electron chi connectivity index (χ1n) is 7.10. The Morgan fingerprint density at radius 1 is 1.18 bits per heavy atom. The molecule has 22 heavy (non-hydrogen) atoms. The minimum Gasteiger partial charge on any atom is -0.267 e. The first kappa shape index (κ1) is 14.7. The second-order valence-electron chi connectivity index (χ2n) is 5.59. The summed E-state index contributed by atoms with van der Waals surface area (Å²) in [5.41, 5.74) is 2.41. The highest BCUT2D eigenvalue weighted by Crippen LogP contribution is 2.15. The molecule has 0 saturated carbocycles. The van der Waals surface area contributed by atoms with Crippen LogP contribution in [-0.4, -0.2) is 9.38 Å². The molecule has 0 saturated heterocycles. The van der Waals surface area contributed by atoms with Crippen molar-refractivity contribution in [1.82, 2.24) is 9.38 Å². The van der Waals surface area contributed by atoms with Crippen molar-refractivity contribution >= 4 is 22.4 Å². The van der Waals surface area contributed by atoms with Crippen LogP contribution in [-0.2, 0) is 0 Å². The first-order valence-corrected chi connectivity index (χ1v) is 7.92. The molecule has 0 amide bonds. The Kier molecular flexibility index (Phi) is 3.66. The number of aromatic nitrogens is 2. The third-order valence-corrected chi connectivity index (χ3v) is 4.57. The van der Waals surface area contributed by atoms with Crippen molar-refractivity contribution in [3.63, 3.8) is 0 Å². The molecule has 1 aromatic carbocycles. The van der Waals surface area contributed by atoms with Crippen LogP contribution in [0, 0.1) is 6.92 Å². The number of aryl methyl sites for hydroxylation is 1. The molecular formula is C17H16N2O2S. The number of hydrogen-bond donors (Lipinski definition) is 0. The normalized spacial score (nSPS) is 12.5. The molecule has 0 unspecified atom stereocenters. The van der Waals surface area contributed by atoms with Gasteiger partial charge in [0.05, 0.1) is 4.53 Å². The van der Waals surface area contributed by atoms with E-state index in [4.69, 9.17) is 0 Å². The quantitative estimate of drug-likeness (QED) is 0.728. The monoisotopic (exact) mass is 312 g/mol. The topological polar surface area (TPSA) is 51.4 Å². The van der Waals surface area contributed by atoms with Crippen LogP contribution in [0.1, 0.15) is 36.6 Å². The molecule has 4 nitrogen and oxygen atoms in total. The number of fused-ring (bicyclic) bond motifs is 1. The second kappa shape index (κ2) is 5.50. The van der Waals surface area contributed by atoms with Gasteiger partial charge in [-0.2, -0.15) is 4.98 Å². The molecule has 0 fully saturated rings. The van der Waals surface area contributed by atoms with Gasteiger partial charge in [0.25, 0.3) is 11.1 Å². The molecule has 0 aliphatic rings. The summed E-state index contributed by atoms with van der Waals surface area (Å²) in [6.45, 7) is 6.03. The number of rotatable bonds is 2. The van der Waals surface area contributed by atoms with Crippen molar-refractivity contribution in [1.29, 1.82) is 0 Å². The van der Waals surface area contributed by atoms with Crippen LogP contribution in [0.3, 0.4) is 0 Å². The Morgan fingerprint density at radius 3 is 2.50 bits per heavy atom. The third kappa shape index (κ3) is 2.60. The molecule has 2 heterocycles. The molecule has 5 heteroatoms. The van der Waals surface area contributed by atoms with E-state index in [9.17, 15) is 9.59 Å². The lowest BCUT2D eigenvalue weighted by Gasteiger charge is -2.04. The summed E-state index contributed by atoms with van der Waals surface area (Å²) in [6.07, 6.45) is 1.84. The van der Waals surface area contributed by atoms with Gasteiger partial charge < -0.3 is 0 Å². The van der Waals surface area contributed by atoms with E-state index in [0.717, 1.165) is 5.56 Å². The lowest BCUT2D eigenvalue weighted by molar-refractivity contribution is 0.866. The SMILES string of the molecule is Cc1cc(=O)nc2sc(=Cc3ccc(C(C)C)cc3)c(=O)n12. The maximum absolute atomic E-state index is 12.4. The highest BCUT2D eigenvalue weighted by molar-refractivity contribution is 7.15. The van der Waals surface area contributed by atoms with Gasteiger partial charge >= 0.3 is 0 Å². The summed E-state index contributed by atoms with van der Waals surface area (Å²) < 4.78 is 2.07. The van der Waals surface area contributed by atoms with Crippen LogP contribution in [0.2, 0.25) is 0 Å². The van der Waals surface area contributed by atoms with E-state index < -0.39 is 0 Å². The van der Waals surface area contributed by atoms with Gasteiger partial charge in [-0.1, -0.05) is 49.4 Å². The number of hydrogen-bond acceptors (Lipinski definition) is 4. The van der Waals surface area contributed by atoms with E-state index in [1.807, 2.05) is 18.2 Å². The predicted octanol–water partition coefficient (Wildman–Crippen LogP) is 2.10. The fourth-order valence-corrected chi connectivity index (χ4v) is 3.38.